The Morgan fingerprint density at radius 2 is 1.60 bits per heavy atom. The summed E-state index contributed by atoms with van der Waals surface area (Å²) in [6.45, 7) is 0.443. The third-order valence-corrected chi connectivity index (χ3v) is 4.45. The third-order valence-electron chi connectivity index (χ3n) is 4.45. The lowest BCUT2D eigenvalue weighted by Crippen LogP contribution is -2.20. The Morgan fingerprint density at radius 3 is 2.24 bits per heavy atom. The summed E-state index contributed by atoms with van der Waals surface area (Å²) in [6, 6.07) is 7.22. The minimum atomic E-state index is 0.0726. The van der Waals surface area contributed by atoms with Gasteiger partial charge in [0.1, 0.15) is 5.75 Å². The first kappa shape index (κ1) is 17.1. The molecule has 0 spiro atoms. The predicted octanol–water partition coefficient (Wildman–Crippen LogP) is 3.15. The SMILES string of the molecule is COc1cc(OC)c([C@H]2COc3c(ccc(O)c3OC)C2)cc1OC. The number of fused-ring (bicyclic) bond motifs is 1. The molecule has 0 aromatic heterocycles. The van der Waals surface area contributed by atoms with Gasteiger partial charge in [-0.3, -0.25) is 0 Å². The highest BCUT2D eigenvalue weighted by atomic mass is 16.5. The molecule has 0 aliphatic carbocycles. The Bertz CT molecular complexity index is 771. The molecule has 25 heavy (non-hydrogen) atoms. The zero-order valence-corrected chi connectivity index (χ0v) is 14.8. The van der Waals surface area contributed by atoms with E-state index >= 15 is 0 Å². The van der Waals surface area contributed by atoms with E-state index in [0.29, 0.717) is 29.6 Å². The Labute approximate surface area is 146 Å². The van der Waals surface area contributed by atoms with Crippen LogP contribution in [0.15, 0.2) is 24.3 Å². The molecule has 3 rings (SSSR count). The molecule has 1 N–H and O–H groups in total. The highest BCUT2D eigenvalue weighted by Gasteiger charge is 2.28. The van der Waals surface area contributed by atoms with Crippen molar-refractivity contribution in [1.29, 1.82) is 0 Å². The fourth-order valence-electron chi connectivity index (χ4n) is 3.19. The normalized spacial score (nSPS) is 15.8. The Hall–Kier alpha value is -2.76. The first-order chi connectivity index (χ1) is 12.1. The number of aromatic hydroxyl groups is 1. The summed E-state index contributed by atoms with van der Waals surface area (Å²) in [6.07, 6.45) is 0.734. The Morgan fingerprint density at radius 1 is 0.920 bits per heavy atom. The van der Waals surface area contributed by atoms with Crippen molar-refractivity contribution >= 4 is 0 Å². The van der Waals surface area contributed by atoms with Gasteiger partial charge in [-0.05, 0) is 24.1 Å². The molecular weight excluding hydrogens is 324 g/mol. The average molecular weight is 346 g/mol. The molecule has 0 amide bonds. The second-order valence-corrected chi connectivity index (χ2v) is 5.77. The number of phenols is 1. The highest BCUT2D eigenvalue weighted by molar-refractivity contribution is 5.58. The van der Waals surface area contributed by atoms with Crippen molar-refractivity contribution < 1.29 is 28.8 Å². The molecule has 1 aliphatic rings. The molecule has 1 heterocycles. The second-order valence-electron chi connectivity index (χ2n) is 5.77. The highest BCUT2D eigenvalue weighted by Crippen LogP contribution is 2.46. The summed E-state index contributed by atoms with van der Waals surface area (Å²) in [5.74, 6) is 3.10. The van der Waals surface area contributed by atoms with E-state index in [1.54, 1.807) is 27.4 Å². The van der Waals surface area contributed by atoms with Crippen LogP contribution in [0.25, 0.3) is 0 Å². The van der Waals surface area contributed by atoms with Gasteiger partial charge < -0.3 is 28.8 Å². The monoisotopic (exact) mass is 346 g/mol. The van der Waals surface area contributed by atoms with E-state index in [0.717, 1.165) is 23.3 Å². The van der Waals surface area contributed by atoms with Crippen molar-refractivity contribution in [2.75, 3.05) is 35.0 Å². The summed E-state index contributed by atoms with van der Waals surface area (Å²) in [5, 5.41) is 9.90. The molecule has 6 heteroatoms. The molecule has 0 saturated carbocycles. The van der Waals surface area contributed by atoms with Gasteiger partial charge in [0.25, 0.3) is 0 Å². The van der Waals surface area contributed by atoms with E-state index in [1.807, 2.05) is 18.2 Å². The van der Waals surface area contributed by atoms with E-state index < -0.39 is 0 Å². The maximum Gasteiger partial charge on any atom is 0.203 e. The largest absolute Gasteiger partial charge is 0.504 e. The summed E-state index contributed by atoms with van der Waals surface area (Å²) in [4.78, 5) is 0. The van der Waals surface area contributed by atoms with Crippen LogP contribution in [0.2, 0.25) is 0 Å². The van der Waals surface area contributed by atoms with Crippen molar-refractivity contribution in [3.05, 3.63) is 35.4 Å². The first-order valence-corrected chi connectivity index (χ1v) is 7.94. The van der Waals surface area contributed by atoms with Gasteiger partial charge in [-0.25, -0.2) is 0 Å². The Balaban J connectivity index is 1.99. The van der Waals surface area contributed by atoms with Crippen molar-refractivity contribution in [3.8, 4) is 34.5 Å². The van der Waals surface area contributed by atoms with Gasteiger partial charge in [0, 0.05) is 17.5 Å². The number of methoxy groups -OCH3 is 4. The second kappa shape index (κ2) is 7.01. The van der Waals surface area contributed by atoms with Gasteiger partial charge in [0.05, 0.1) is 35.0 Å². The molecule has 134 valence electrons. The lowest BCUT2D eigenvalue weighted by molar-refractivity contribution is 0.240. The van der Waals surface area contributed by atoms with Gasteiger partial charge >= 0.3 is 0 Å². The fourth-order valence-corrected chi connectivity index (χ4v) is 3.19. The number of benzene rings is 2. The molecule has 2 aromatic rings. The number of hydrogen-bond acceptors (Lipinski definition) is 6. The predicted molar refractivity (Wildman–Crippen MR) is 92.7 cm³/mol. The number of hydrogen-bond donors (Lipinski definition) is 1. The van der Waals surface area contributed by atoms with Crippen molar-refractivity contribution in [3.63, 3.8) is 0 Å². The van der Waals surface area contributed by atoms with Crippen LogP contribution in [0.3, 0.4) is 0 Å². The zero-order chi connectivity index (χ0) is 18.0. The molecule has 0 bridgehead atoms. The van der Waals surface area contributed by atoms with Gasteiger partial charge in [-0.15, -0.1) is 0 Å². The maximum absolute atomic E-state index is 9.90. The smallest absolute Gasteiger partial charge is 0.203 e. The minimum absolute atomic E-state index is 0.0726. The molecule has 1 aliphatic heterocycles. The van der Waals surface area contributed by atoms with Crippen molar-refractivity contribution in [2.24, 2.45) is 0 Å². The topological polar surface area (TPSA) is 66.4 Å². The molecule has 6 nitrogen and oxygen atoms in total. The summed E-state index contributed by atoms with van der Waals surface area (Å²) < 4.78 is 27.5. The van der Waals surface area contributed by atoms with Crippen LogP contribution < -0.4 is 23.7 Å². The van der Waals surface area contributed by atoms with Crippen LogP contribution in [0.1, 0.15) is 17.0 Å². The molecule has 0 radical (unpaired) electrons. The number of rotatable bonds is 5. The summed E-state index contributed by atoms with van der Waals surface area (Å²) >= 11 is 0. The first-order valence-electron chi connectivity index (χ1n) is 7.94. The average Bonchev–Trinajstić information content (AvgIpc) is 2.66. The quantitative estimate of drug-likeness (QED) is 0.897. The van der Waals surface area contributed by atoms with Crippen LogP contribution in [-0.2, 0) is 6.42 Å². The molecule has 0 unspecified atom stereocenters. The standard InChI is InChI=1S/C19H22O6/c1-21-15-9-17(23-3)16(22-2)8-13(15)12-7-11-5-6-14(20)19(24-4)18(11)25-10-12/h5-6,8-9,12,20H,7,10H2,1-4H3/t12-/m1/s1. The lowest BCUT2D eigenvalue weighted by Gasteiger charge is -2.28. The summed E-state index contributed by atoms with van der Waals surface area (Å²) in [5.41, 5.74) is 1.96. The fraction of sp³-hybridized carbons (Fsp3) is 0.368. The van der Waals surface area contributed by atoms with Crippen LogP contribution in [0.4, 0.5) is 0 Å². The van der Waals surface area contributed by atoms with E-state index in [9.17, 15) is 5.11 Å². The molecule has 1 atom stereocenters. The van der Waals surface area contributed by atoms with E-state index in [-0.39, 0.29) is 11.7 Å². The van der Waals surface area contributed by atoms with Crippen molar-refractivity contribution in [1.82, 2.24) is 0 Å². The van der Waals surface area contributed by atoms with Gasteiger partial charge in [0.2, 0.25) is 5.75 Å². The van der Waals surface area contributed by atoms with E-state index in [2.05, 4.69) is 0 Å². The van der Waals surface area contributed by atoms with Gasteiger partial charge in [-0.2, -0.15) is 0 Å². The van der Waals surface area contributed by atoms with Crippen LogP contribution in [-0.4, -0.2) is 40.2 Å². The third kappa shape index (κ3) is 2.99. The number of ether oxygens (including phenoxy) is 5. The van der Waals surface area contributed by atoms with Crippen LogP contribution in [0.5, 0.6) is 34.5 Å². The zero-order valence-electron chi connectivity index (χ0n) is 14.8. The summed E-state index contributed by atoms with van der Waals surface area (Å²) in [7, 11) is 6.34. The molecule has 0 saturated heterocycles. The van der Waals surface area contributed by atoms with Crippen LogP contribution >= 0.6 is 0 Å². The maximum atomic E-state index is 9.90. The van der Waals surface area contributed by atoms with E-state index in [4.69, 9.17) is 23.7 Å². The molecular formula is C19H22O6. The van der Waals surface area contributed by atoms with Crippen LogP contribution in [0, 0.1) is 0 Å². The van der Waals surface area contributed by atoms with Crippen molar-refractivity contribution in [2.45, 2.75) is 12.3 Å². The number of phenolic OH excluding ortho intramolecular Hbond substituents is 1. The minimum Gasteiger partial charge on any atom is -0.504 e. The molecule has 2 aromatic carbocycles. The lowest BCUT2D eigenvalue weighted by atomic mass is 9.89. The Kier molecular flexibility index (Phi) is 4.79. The van der Waals surface area contributed by atoms with Gasteiger partial charge in [0.15, 0.2) is 23.0 Å². The van der Waals surface area contributed by atoms with E-state index in [1.165, 1.54) is 7.11 Å². The molecule has 0 fully saturated rings. The van der Waals surface area contributed by atoms with Gasteiger partial charge in [-0.1, -0.05) is 6.07 Å².